The number of fused-ring (bicyclic) bond motifs is 1. The normalized spacial score (nSPS) is 16.1. The average Bonchev–Trinajstić information content (AvgIpc) is 2.65. The van der Waals surface area contributed by atoms with Crippen molar-refractivity contribution in [1.82, 2.24) is 4.90 Å². The van der Waals surface area contributed by atoms with Crippen LogP contribution in [-0.4, -0.2) is 49.7 Å². The molecule has 1 unspecified atom stereocenters. The number of carboxylic acids is 1. The van der Waals surface area contributed by atoms with Gasteiger partial charge in [0.2, 0.25) is 5.91 Å². The van der Waals surface area contributed by atoms with E-state index in [1.54, 1.807) is 0 Å². The molecule has 0 aromatic heterocycles. The molecule has 0 saturated heterocycles. The van der Waals surface area contributed by atoms with Crippen LogP contribution in [0, 0.1) is 5.92 Å². The van der Waals surface area contributed by atoms with Crippen molar-refractivity contribution in [3.63, 3.8) is 0 Å². The van der Waals surface area contributed by atoms with E-state index in [-0.39, 0.29) is 40.6 Å². The van der Waals surface area contributed by atoms with Crippen molar-refractivity contribution in [2.24, 2.45) is 5.92 Å². The number of hydrogen-bond acceptors (Lipinski definition) is 6. The Hall–Kier alpha value is -1.80. The van der Waals surface area contributed by atoms with Crippen LogP contribution in [0.5, 0.6) is 0 Å². The number of nitrogens with zero attached hydrogens (tertiary/aromatic N) is 1. The molecule has 1 heterocycles. The molecule has 29 heavy (non-hydrogen) atoms. The Labute approximate surface area is 179 Å². The molecular formula is C21H27NO5S2. The van der Waals surface area contributed by atoms with Crippen LogP contribution < -0.4 is 0 Å². The fraction of sp³-hybridized carbons (Fsp3) is 0.524. The number of aliphatic carboxylic acids is 1. The number of carbonyl (C=O) groups is 4. The molecule has 0 bridgehead atoms. The lowest BCUT2D eigenvalue weighted by Gasteiger charge is -2.37. The molecule has 1 aliphatic heterocycles. The van der Waals surface area contributed by atoms with Crippen molar-refractivity contribution in [3.8, 4) is 0 Å². The molecule has 158 valence electrons. The highest BCUT2D eigenvalue weighted by molar-refractivity contribution is 8.14. The van der Waals surface area contributed by atoms with Crippen LogP contribution in [0.25, 0.3) is 0 Å². The van der Waals surface area contributed by atoms with Crippen LogP contribution >= 0.6 is 23.5 Å². The zero-order valence-corrected chi connectivity index (χ0v) is 18.8. The van der Waals surface area contributed by atoms with Gasteiger partial charge in [-0.25, -0.2) is 4.79 Å². The second-order valence-electron chi connectivity index (χ2n) is 7.51. The van der Waals surface area contributed by atoms with E-state index in [1.807, 2.05) is 18.2 Å². The van der Waals surface area contributed by atoms with Gasteiger partial charge >= 0.3 is 5.97 Å². The predicted octanol–water partition coefficient (Wildman–Crippen LogP) is 3.32. The molecule has 1 amide bonds. The number of carboxylic acid groups (broad SMARTS) is 1. The maximum Gasteiger partial charge on any atom is 0.326 e. The average molecular weight is 438 g/mol. The molecule has 1 aromatic carbocycles. The van der Waals surface area contributed by atoms with Crippen molar-refractivity contribution in [3.05, 3.63) is 34.9 Å². The molecule has 1 N–H and O–H groups in total. The SMILES string of the molecule is CC(=O)SCC(CSC(C)=O)C(=O)N1Cc2cc(C(C)C)ccc2CC1C(=O)O. The molecule has 0 saturated carbocycles. The Morgan fingerprint density at radius 1 is 1.07 bits per heavy atom. The second kappa shape index (κ2) is 10.3. The minimum atomic E-state index is -1.05. The Balaban J connectivity index is 2.31. The van der Waals surface area contributed by atoms with Crippen molar-refractivity contribution in [2.75, 3.05) is 11.5 Å². The molecule has 2 rings (SSSR count). The zero-order valence-electron chi connectivity index (χ0n) is 17.1. The van der Waals surface area contributed by atoms with Crippen molar-refractivity contribution in [1.29, 1.82) is 0 Å². The topological polar surface area (TPSA) is 91.8 Å². The Kier molecular flexibility index (Phi) is 8.34. The lowest BCUT2D eigenvalue weighted by Crippen LogP contribution is -2.51. The smallest absolute Gasteiger partial charge is 0.326 e. The minimum Gasteiger partial charge on any atom is -0.480 e. The summed E-state index contributed by atoms with van der Waals surface area (Å²) in [5.74, 6) is -1.18. The van der Waals surface area contributed by atoms with Crippen LogP contribution in [0.3, 0.4) is 0 Å². The van der Waals surface area contributed by atoms with E-state index in [1.165, 1.54) is 18.7 Å². The summed E-state index contributed by atoms with van der Waals surface area (Å²) in [7, 11) is 0. The predicted molar refractivity (Wildman–Crippen MR) is 116 cm³/mol. The van der Waals surface area contributed by atoms with Crippen LogP contribution in [0.15, 0.2) is 18.2 Å². The number of thioether (sulfide) groups is 2. The van der Waals surface area contributed by atoms with Gasteiger partial charge in [0.1, 0.15) is 6.04 Å². The Morgan fingerprint density at radius 3 is 2.14 bits per heavy atom. The first-order valence-electron chi connectivity index (χ1n) is 9.51. The van der Waals surface area contributed by atoms with Gasteiger partial charge in [-0.1, -0.05) is 55.6 Å². The molecule has 1 atom stereocenters. The van der Waals surface area contributed by atoms with Crippen molar-refractivity contribution < 1.29 is 24.3 Å². The highest BCUT2D eigenvalue weighted by Crippen LogP contribution is 2.29. The van der Waals surface area contributed by atoms with E-state index in [9.17, 15) is 24.3 Å². The highest BCUT2D eigenvalue weighted by Gasteiger charge is 2.37. The van der Waals surface area contributed by atoms with Crippen molar-refractivity contribution in [2.45, 2.75) is 52.6 Å². The Bertz CT molecular complexity index is 790. The maximum absolute atomic E-state index is 13.3. The Morgan fingerprint density at radius 2 is 1.66 bits per heavy atom. The van der Waals surface area contributed by atoms with Crippen LogP contribution in [0.2, 0.25) is 0 Å². The fourth-order valence-corrected chi connectivity index (χ4v) is 4.82. The number of carbonyl (C=O) groups excluding carboxylic acids is 3. The third-order valence-electron chi connectivity index (χ3n) is 4.92. The van der Waals surface area contributed by atoms with Gasteiger partial charge in [-0.15, -0.1) is 0 Å². The summed E-state index contributed by atoms with van der Waals surface area (Å²) in [6.45, 7) is 7.24. The molecule has 0 spiro atoms. The van der Waals surface area contributed by atoms with Gasteiger partial charge in [0.05, 0.1) is 5.92 Å². The van der Waals surface area contributed by atoms with Crippen LogP contribution in [0.4, 0.5) is 0 Å². The largest absolute Gasteiger partial charge is 0.480 e. The number of hydrogen-bond donors (Lipinski definition) is 1. The first-order chi connectivity index (χ1) is 13.6. The molecule has 8 heteroatoms. The summed E-state index contributed by atoms with van der Waals surface area (Å²) >= 11 is 2.05. The van der Waals surface area contributed by atoms with Crippen molar-refractivity contribution >= 4 is 45.6 Å². The maximum atomic E-state index is 13.3. The lowest BCUT2D eigenvalue weighted by molar-refractivity contribution is -0.152. The van der Waals surface area contributed by atoms with Gasteiger partial charge in [-0.2, -0.15) is 0 Å². The summed E-state index contributed by atoms with van der Waals surface area (Å²) in [6, 6.07) is 5.06. The monoisotopic (exact) mass is 437 g/mol. The molecule has 1 aromatic rings. The number of rotatable bonds is 7. The summed E-state index contributed by atoms with van der Waals surface area (Å²) in [5.41, 5.74) is 3.04. The summed E-state index contributed by atoms with van der Waals surface area (Å²) in [6.07, 6.45) is 0.251. The summed E-state index contributed by atoms with van der Waals surface area (Å²) in [4.78, 5) is 49.4. The first kappa shape index (κ1) is 23.5. The second-order valence-corrected chi connectivity index (χ2v) is 9.90. The van der Waals surface area contributed by atoms with Gasteiger partial charge < -0.3 is 10.0 Å². The zero-order chi connectivity index (χ0) is 21.7. The molecule has 0 fully saturated rings. The molecular weight excluding hydrogens is 410 g/mol. The third kappa shape index (κ3) is 6.34. The van der Waals surface area contributed by atoms with E-state index in [4.69, 9.17) is 0 Å². The van der Waals surface area contributed by atoms with Gasteiger partial charge in [-0.3, -0.25) is 14.4 Å². The molecule has 1 aliphatic rings. The van der Waals surface area contributed by atoms with Gasteiger partial charge in [0.25, 0.3) is 0 Å². The van der Waals surface area contributed by atoms with Gasteiger partial charge in [0.15, 0.2) is 10.2 Å². The van der Waals surface area contributed by atoms with E-state index < -0.39 is 17.9 Å². The highest BCUT2D eigenvalue weighted by atomic mass is 32.2. The van der Waals surface area contributed by atoms with E-state index in [2.05, 4.69) is 13.8 Å². The molecule has 6 nitrogen and oxygen atoms in total. The van der Waals surface area contributed by atoms with E-state index >= 15 is 0 Å². The quantitative estimate of drug-likeness (QED) is 0.699. The number of amides is 1. The summed E-state index contributed by atoms with van der Waals surface area (Å²) < 4.78 is 0. The summed E-state index contributed by atoms with van der Waals surface area (Å²) in [5, 5.41) is 9.50. The standard InChI is InChI=1S/C21H27NO5S2/c1-12(2)15-5-6-16-8-19(21(26)27)22(9-17(16)7-15)20(25)18(10-28-13(3)23)11-29-14(4)24/h5-7,12,18-19H,8-11H2,1-4H3,(H,26,27). The molecule has 0 aliphatic carbocycles. The van der Waals surface area contributed by atoms with Gasteiger partial charge in [-0.05, 0) is 22.6 Å². The lowest BCUT2D eigenvalue weighted by atomic mass is 9.89. The van der Waals surface area contributed by atoms with Gasteiger partial charge in [0, 0.05) is 38.3 Å². The van der Waals surface area contributed by atoms with Crippen LogP contribution in [0.1, 0.15) is 50.3 Å². The fourth-order valence-electron chi connectivity index (χ4n) is 3.28. The third-order valence-corrected chi connectivity index (χ3v) is 6.87. The van der Waals surface area contributed by atoms with E-state index in [0.717, 1.165) is 40.2 Å². The number of benzene rings is 1. The van der Waals surface area contributed by atoms with Crippen LogP contribution in [-0.2, 0) is 32.1 Å². The minimum absolute atomic E-state index is 0.115. The molecule has 0 radical (unpaired) electrons. The van der Waals surface area contributed by atoms with E-state index in [0.29, 0.717) is 5.92 Å². The first-order valence-corrected chi connectivity index (χ1v) is 11.5.